The van der Waals surface area contributed by atoms with Crippen LogP contribution in [0.15, 0.2) is 53.6 Å². The zero-order chi connectivity index (χ0) is 21.2. The Morgan fingerprint density at radius 1 is 1.14 bits per heavy atom. The normalized spacial score (nSPS) is 12.0. The Hall–Kier alpha value is -3.22. The molecule has 2 amide bonds. The summed E-state index contributed by atoms with van der Waals surface area (Å²) in [5.74, 6) is -1.34. The number of carbonyl (C=O) groups is 2. The van der Waals surface area contributed by atoms with Gasteiger partial charge >= 0.3 is 0 Å². The zero-order valence-corrected chi connectivity index (χ0v) is 16.8. The molecule has 0 heterocycles. The van der Waals surface area contributed by atoms with Crippen LogP contribution in [0.2, 0.25) is 0 Å². The quantitative estimate of drug-likeness (QED) is 0.500. The molecular weight excluding hydrogens is 373 g/mol. The highest BCUT2D eigenvalue weighted by Gasteiger charge is 2.25. The van der Waals surface area contributed by atoms with Gasteiger partial charge in [-0.1, -0.05) is 45.0 Å². The lowest BCUT2D eigenvalue weighted by atomic mass is 10.0. The SMILES string of the molecule is CCCOc1ccccc1/C=N/NC(=O)C(NC(=O)c1ccccc1F)C(C)C. The van der Waals surface area contributed by atoms with Gasteiger partial charge in [-0.3, -0.25) is 9.59 Å². The van der Waals surface area contributed by atoms with E-state index in [1.165, 1.54) is 24.4 Å². The Balaban J connectivity index is 2.04. The third-order valence-electron chi connectivity index (χ3n) is 4.11. The largest absolute Gasteiger partial charge is 0.493 e. The highest BCUT2D eigenvalue weighted by atomic mass is 19.1. The van der Waals surface area contributed by atoms with Gasteiger partial charge in [0.2, 0.25) is 0 Å². The van der Waals surface area contributed by atoms with Crippen molar-refractivity contribution < 1.29 is 18.7 Å². The van der Waals surface area contributed by atoms with E-state index in [-0.39, 0.29) is 11.5 Å². The van der Waals surface area contributed by atoms with E-state index >= 15 is 0 Å². The lowest BCUT2D eigenvalue weighted by molar-refractivity contribution is -0.123. The van der Waals surface area contributed by atoms with E-state index in [9.17, 15) is 14.0 Å². The van der Waals surface area contributed by atoms with Crippen molar-refractivity contribution in [3.05, 3.63) is 65.5 Å². The first kappa shape index (κ1) is 22.1. The maximum atomic E-state index is 13.8. The number of benzene rings is 2. The van der Waals surface area contributed by atoms with Crippen LogP contribution in [-0.4, -0.2) is 30.7 Å². The van der Waals surface area contributed by atoms with Crippen LogP contribution in [0.4, 0.5) is 4.39 Å². The first-order valence-electron chi connectivity index (χ1n) is 9.54. The van der Waals surface area contributed by atoms with Gasteiger partial charge in [-0.25, -0.2) is 9.82 Å². The Bertz CT molecular complexity index is 868. The Morgan fingerprint density at radius 2 is 1.83 bits per heavy atom. The molecule has 0 radical (unpaired) electrons. The molecule has 2 aromatic carbocycles. The third-order valence-corrected chi connectivity index (χ3v) is 4.11. The molecule has 2 rings (SSSR count). The molecule has 0 saturated carbocycles. The number of nitrogens with one attached hydrogen (secondary N) is 2. The summed E-state index contributed by atoms with van der Waals surface area (Å²) in [6, 6.07) is 12.1. The van der Waals surface area contributed by atoms with Crippen molar-refractivity contribution in [2.45, 2.75) is 33.2 Å². The van der Waals surface area contributed by atoms with Crippen LogP contribution in [0.1, 0.15) is 43.1 Å². The van der Waals surface area contributed by atoms with Gasteiger partial charge in [0, 0.05) is 5.56 Å². The summed E-state index contributed by atoms with van der Waals surface area (Å²) in [4.78, 5) is 24.9. The van der Waals surface area contributed by atoms with Crippen molar-refractivity contribution >= 4 is 18.0 Å². The number of halogens is 1. The van der Waals surface area contributed by atoms with Crippen molar-refractivity contribution in [3.8, 4) is 5.75 Å². The number of carbonyl (C=O) groups excluding carboxylic acids is 2. The smallest absolute Gasteiger partial charge is 0.262 e. The van der Waals surface area contributed by atoms with Crippen molar-refractivity contribution in [3.63, 3.8) is 0 Å². The van der Waals surface area contributed by atoms with Gasteiger partial charge in [0.25, 0.3) is 11.8 Å². The summed E-state index contributed by atoms with van der Waals surface area (Å²) in [5, 5.41) is 6.55. The maximum Gasteiger partial charge on any atom is 0.262 e. The van der Waals surface area contributed by atoms with Crippen molar-refractivity contribution in [1.29, 1.82) is 0 Å². The Kier molecular flexibility index (Phi) is 8.33. The van der Waals surface area contributed by atoms with Crippen LogP contribution < -0.4 is 15.5 Å². The number of para-hydroxylation sites is 1. The van der Waals surface area contributed by atoms with Gasteiger partial charge in [0.05, 0.1) is 18.4 Å². The van der Waals surface area contributed by atoms with Crippen LogP contribution in [0.5, 0.6) is 5.75 Å². The lowest BCUT2D eigenvalue weighted by Crippen LogP contribution is -2.48. The number of hydrogen-bond donors (Lipinski definition) is 2. The van der Waals surface area contributed by atoms with E-state index in [0.29, 0.717) is 12.4 Å². The summed E-state index contributed by atoms with van der Waals surface area (Å²) in [6.07, 6.45) is 2.36. The third kappa shape index (κ3) is 6.41. The second-order valence-electron chi connectivity index (χ2n) is 6.80. The minimum atomic E-state index is -0.870. The highest BCUT2D eigenvalue weighted by Crippen LogP contribution is 2.16. The van der Waals surface area contributed by atoms with Crippen LogP contribution in [-0.2, 0) is 4.79 Å². The summed E-state index contributed by atoms with van der Waals surface area (Å²) in [5.41, 5.74) is 3.04. The van der Waals surface area contributed by atoms with Crippen molar-refractivity contribution in [2.24, 2.45) is 11.0 Å². The van der Waals surface area contributed by atoms with Crippen LogP contribution in [0, 0.1) is 11.7 Å². The molecule has 154 valence electrons. The minimum absolute atomic E-state index is 0.114. The molecule has 1 atom stereocenters. The molecule has 0 fully saturated rings. The molecular formula is C22H26FN3O3. The predicted octanol–water partition coefficient (Wildman–Crippen LogP) is 3.52. The number of rotatable bonds is 9. The van der Waals surface area contributed by atoms with E-state index in [1.807, 2.05) is 31.2 Å². The molecule has 7 heteroatoms. The molecule has 6 nitrogen and oxygen atoms in total. The average Bonchev–Trinajstić information content (AvgIpc) is 2.71. The van der Waals surface area contributed by atoms with Crippen LogP contribution in [0.25, 0.3) is 0 Å². The standard InChI is InChI=1S/C22H26FN3O3/c1-4-13-29-19-12-8-5-9-16(19)14-24-26-22(28)20(15(2)3)25-21(27)17-10-6-7-11-18(17)23/h5-12,14-15,20H,4,13H2,1-3H3,(H,25,27)(H,26,28)/b24-14+. The fourth-order valence-corrected chi connectivity index (χ4v) is 2.56. The molecule has 2 N–H and O–H groups in total. The second kappa shape index (κ2) is 10.9. The van der Waals surface area contributed by atoms with Gasteiger partial charge in [-0.2, -0.15) is 5.10 Å². The molecule has 0 aliphatic rings. The van der Waals surface area contributed by atoms with Gasteiger partial charge in [0.1, 0.15) is 17.6 Å². The van der Waals surface area contributed by atoms with Gasteiger partial charge < -0.3 is 10.1 Å². The summed E-state index contributed by atoms with van der Waals surface area (Å²) in [7, 11) is 0. The van der Waals surface area contributed by atoms with Crippen LogP contribution in [0.3, 0.4) is 0 Å². The first-order chi connectivity index (χ1) is 13.9. The van der Waals surface area contributed by atoms with Crippen molar-refractivity contribution in [2.75, 3.05) is 6.61 Å². The second-order valence-corrected chi connectivity index (χ2v) is 6.80. The fraction of sp³-hybridized carbons (Fsp3) is 0.318. The summed E-state index contributed by atoms with van der Waals surface area (Å²) < 4.78 is 19.5. The van der Waals surface area contributed by atoms with E-state index in [1.54, 1.807) is 19.9 Å². The van der Waals surface area contributed by atoms with E-state index in [2.05, 4.69) is 15.8 Å². The zero-order valence-electron chi connectivity index (χ0n) is 16.8. The van der Waals surface area contributed by atoms with Gasteiger partial charge in [-0.15, -0.1) is 0 Å². The molecule has 1 unspecified atom stereocenters. The number of hydrazone groups is 1. The lowest BCUT2D eigenvalue weighted by Gasteiger charge is -2.20. The van der Waals surface area contributed by atoms with E-state index in [0.717, 1.165) is 12.0 Å². The first-order valence-corrected chi connectivity index (χ1v) is 9.54. The number of nitrogens with zero attached hydrogens (tertiary/aromatic N) is 1. The molecule has 0 saturated heterocycles. The van der Waals surface area contributed by atoms with E-state index < -0.39 is 23.7 Å². The summed E-state index contributed by atoms with van der Waals surface area (Å²) in [6.45, 7) is 6.15. The molecule has 0 aliphatic carbocycles. The molecule has 0 bridgehead atoms. The number of amides is 2. The summed E-state index contributed by atoms with van der Waals surface area (Å²) >= 11 is 0. The molecule has 2 aromatic rings. The molecule has 0 spiro atoms. The highest BCUT2D eigenvalue weighted by molar-refractivity contribution is 5.98. The Morgan fingerprint density at radius 3 is 2.52 bits per heavy atom. The molecule has 29 heavy (non-hydrogen) atoms. The average molecular weight is 399 g/mol. The van der Waals surface area contributed by atoms with Gasteiger partial charge in [-0.05, 0) is 36.6 Å². The predicted molar refractivity (Wildman–Crippen MR) is 110 cm³/mol. The minimum Gasteiger partial charge on any atom is -0.493 e. The topological polar surface area (TPSA) is 79.8 Å². The van der Waals surface area contributed by atoms with Crippen LogP contribution >= 0.6 is 0 Å². The molecule has 0 aliphatic heterocycles. The molecule has 0 aromatic heterocycles. The van der Waals surface area contributed by atoms with Gasteiger partial charge in [0.15, 0.2) is 0 Å². The van der Waals surface area contributed by atoms with E-state index in [4.69, 9.17) is 4.74 Å². The fourth-order valence-electron chi connectivity index (χ4n) is 2.56. The Labute approximate surface area is 170 Å². The van der Waals surface area contributed by atoms with Crippen molar-refractivity contribution in [1.82, 2.24) is 10.7 Å². The monoisotopic (exact) mass is 399 g/mol. The maximum absolute atomic E-state index is 13.8. The number of ether oxygens (including phenoxy) is 1. The number of hydrogen-bond acceptors (Lipinski definition) is 4.